The van der Waals surface area contributed by atoms with Crippen molar-refractivity contribution >= 4 is 15.9 Å². The summed E-state index contributed by atoms with van der Waals surface area (Å²) in [4.78, 5) is 0. The van der Waals surface area contributed by atoms with Crippen molar-refractivity contribution in [3.05, 3.63) is 69.4 Å². The van der Waals surface area contributed by atoms with Gasteiger partial charge in [0.25, 0.3) is 0 Å². The van der Waals surface area contributed by atoms with Gasteiger partial charge in [-0.05, 0) is 41.5 Å². The van der Waals surface area contributed by atoms with Gasteiger partial charge in [0.05, 0.1) is 17.7 Å². The number of halogens is 2. The first-order chi connectivity index (χ1) is 9.10. The topological polar surface area (TPSA) is 44.0 Å². The molecule has 2 rings (SSSR count). The molecule has 0 saturated heterocycles. The van der Waals surface area contributed by atoms with E-state index < -0.39 is 6.10 Å². The number of aliphatic hydroxyl groups excluding tert-OH is 1. The number of benzene rings is 2. The van der Waals surface area contributed by atoms with E-state index in [4.69, 9.17) is 5.26 Å². The molecular weight excluding hydrogens is 309 g/mol. The lowest BCUT2D eigenvalue weighted by molar-refractivity contribution is 0.178. The summed E-state index contributed by atoms with van der Waals surface area (Å²) in [5.74, 6) is -0.328. The molecule has 2 nitrogen and oxygen atoms in total. The van der Waals surface area contributed by atoms with Gasteiger partial charge in [0.15, 0.2) is 0 Å². The quantitative estimate of drug-likeness (QED) is 0.936. The molecule has 2 aromatic carbocycles. The SMILES string of the molecule is N#Cc1ccc(C(O)Cc2cc(F)ccc2Br)cc1. The highest BCUT2D eigenvalue weighted by Gasteiger charge is 2.11. The molecule has 4 heteroatoms. The molecular formula is C15H11BrFNO. The first-order valence-corrected chi connectivity index (χ1v) is 6.51. The summed E-state index contributed by atoms with van der Waals surface area (Å²) in [5, 5.41) is 18.8. The lowest BCUT2D eigenvalue weighted by Gasteiger charge is -2.12. The Kier molecular flexibility index (Phi) is 4.31. The molecule has 0 fully saturated rings. The zero-order valence-electron chi connectivity index (χ0n) is 9.98. The number of nitriles is 1. The zero-order valence-corrected chi connectivity index (χ0v) is 11.6. The minimum Gasteiger partial charge on any atom is -0.388 e. The highest BCUT2D eigenvalue weighted by Crippen LogP contribution is 2.24. The largest absolute Gasteiger partial charge is 0.388 e. The third-order valence-corrected chi connectivity index (χ3v) is 3.62. The van der Waals surface area contributed by atoms with E-state index in [1.54, 1.807) is 30.3 Å². The van der Waals surface area contributed by atoms with Crippen molar-refractivity contribution in [2.24, 2.45) is 0 Å². The van der Waals surface area contributed by atoms with Gasteiger partial charge in [-0.25, -0.2) is 4.39 Å². The molecule has 19 heavy (non-hydrogen) atoms. The van der Waals surface area contributed by atoms with Gasteiger partial charge in [0.1, 0.15) is 5.82 Å². The highest BCUT2D eigenvalue weighted by atomic mass is 79.9. The van der Waals surface area contributed by atoms with E-state index in [0.29, 0.717) is 23.1 Å². The Bertz CT molecular complexity index is 619. The smallest absolute Gasteiger partial charge is 0.123 e. The Balaban J connectivity index is 2.18. The second-order valence-electron chi connectivity index (χ2n) is 4.19. The van der Waals surface area contributed by atoms with Crippen LogP contribution in [0.1, 0.15) is 22.8 Å². The first-order valence-electron chi connectivity index (χ1n) is 5.72. The summed E-state index contributed by atoms with van der Waals surface area (Å²) in [6.07, 6.45) is -0.421. The second kappa shape index (κ2) is 5.96. The standard InChI is InChI=1S/C15H11BrFNO/c16-14-6-5-13(17)7-12(14)8-15(19)11-3-1-10(9-18)2-4-11/h1-7,15,19H,8H2. The third-order valence-electron chi connectivity index (χ3n) is 2.85. The molecule has 0 spiro atoms. The van der Waals surface area contributed by atoms with Gasteiger partial charge in [-0.15, -0.1) is 0 Å². The Hall–Kier alpha value is -1.70. The van der Waals surface area contributed by atoms with Crippen molar-refractivity contribution in [3.63, 3.8) is 0 Å². The van der Waals surface area contributed by atoms with Gasteiger partial charge in [-0.2, -0.15) is 5.26 Å². The van der Waals surface area contributed by atoms with Crippen molar-refractivity contribution in [2.45, 2.75) is 12.5 Å². The van der Waals surface area contributed by atoms with Crippen LogP contribution in [0.5, 0.6) is 0 Å². The first kappa shape index (κ1) is 13.7. The second-order valence-corrected chi connectivity index (χ2v) is 5.04. The van der Waals surface area contributed by atoms with Crippen molar-refractivity contribution < 1.29 is 9.50 Å². The van der Waals surface area contributed by atoms with Crippen LogP contribution < -0.4 is 0 Å². The molecule has 0 aromatic heterocycles. The van der Waals surface area contributed by atoms with E-state index in [1.807, 2.05) is 6.07 Å². The summed E-state index contributed by atoms with van der Waals surface area (Å²) in [5.41, 5.74) is 1.95. The summed E-state index contributed by atoms with van der Waals surface area (Å²) in [7, 11) is 0. The van der Waals surface area contributed by atoms with E-state index in [0.717, 1.165) is 4.47 Å². The minimum absolute atomic E-state index is 0.310. The van der Waals surface area contributed by atoms with Crippen LogP contribution in [0.25, 0.3) is 0 Å². The maximum absolute atomic E-state index is 13.2. The monoisotopic (exact) mass is 319 g/mol. The van der Waals surface area contributed by atoms with Crippen LogP contribution >= 0.6 is 15.9 Å². The van der Waals surface area contributed by atoms with Crippen molar-refractivity contribution in [1.29, 1.82) is 5.26 Å². The van der Waals surface area contributed by atoms with E-state index >= 15 is 0 Å². The molecule has 0 aliphatic heterocycles. The average Bonchev–Trinajstić information content (AvgIpc) is 2.43. The highest BCUT2D eigenvalue weighted by molar-refractivity contribution is 9.10. The van der Waals surface area contributed by atoms with Gasteiger partial charge in [0, 0.05) is 10.9 Å². The summed E-state index contributed by atoms with van der Waals surface area (Å²) in [6.45, 7) is 0. The maximum atomic E-state index is 13.2. The van der Waals surface area contributed by atoms with Gasteiger partial charge >= 0.3 is 0 Å². The molecule has 0 radical (unpaired) electrons. The Morgan fingerprint density at radius 1 is 1.21 bits per heavy atom. The fourth-order valence-corrected chi connectivity index (χ4v) is 2.21. The minimum atomic E-state index is -0.731. The predicted octanol–water partition coefficient (Wildman–Crippen LogP) is 3.74. The number of rotatable bonds is 3. The predicted molar refractivity (Wildman–Crippen MR) is 73.9 cm³/mol. The van der Waals surface area contributed by atoms with Gasteiger partial charge in [-0.3, -0.25) is 0 Å². The summed E-state index contributed by atoms with van der Waals surface area (Å²) >= 11 is 3.33. The van der Waals surface area contributed by atoms with E-state index in [9.17, 15) is 9.50 Å². The Labute approximate surface area is 119 Å². The molecule has 0 amide bonds. The average molecular weight is 320 g/mol. The molecule has 0 aliphatic carbocycles. The van der Waals surface area contributed by atoms with Crippen LogP contribution in [0.4, 0.5) is 4.39 Å². The number of hydrogen-bond acceptors (Lipinski definition) is 2. The molecule has 1 unspecified atom stereocenters. The maximum Gasteiger partial charge on any atom is 0.123 e. The van der Waals surface area contributed by atoms with Gasteiger partial charge < -0.3 is 5.11 Å². The summed E-state index contributed by atoms with van der Waals surface area (Å²) < 4.78 is 13.9. The third kappa shape index (κ3) is 3.40. The molecule has 1 atom stereocenters. The van der Waals surface area contributed by atoms with Gasteiger partial charge in [-0.1, -0.05) is 28.1 Å². The molecule has 96 valence electrons. The Morgan fingerprint density at radius 2 is 1.89 bits per heavy atom. The number of aliphatic hydroxyl groups is 1. The number of hydrogen-bond donors (Lipinski definition) is 1. The van der Waals surface area contributed by atoms with E-state index in [2.05, 4.69) is 15.9 Å². The van der Waals surface area contributed by atoms with Gasteiger partial charge in [0.2, 0.25) is 0 Å². The van der Waals surface area contributed by atoms with Crippen LogP contribution in [0.2, 0.25) is 0 Å². The number of nitrogens with zero attached hydrogens (tertiary/aromatic N) is 1. The van der Waals surface area contributed by atoms with Crippen molar-refractivity contribution in [1.82, 2.24) is 0 Å². The fraction of sp³-hybridized carbons (Fsp3) is 0.133. The van der Waals surface area contributed by atoms with Crippen LogP contribution in [0, 0.1) is 17.1 Å². The fourth-order valence-electron chi connectivity index (χ4n) is 1.81. The van der Waals surface area contributed by atoms with Crippen molar-refractivity contribution in [2.75, 3.05) is 0 Å². The van der Waals surface area contributed by atoms with Crippen LogP contribution in [-0.4, -0.2) is 5.11 Å². The molecule has 2 aromatic rings. The van der Waals surface area contributed by atoms with Crippen LogP contribution in [0.3, 0.4) is 0 Å². The zero-order chi connectivity index (χ0) is 13.8. The van der Waals surface area contributed by atoms with E-state index in [1.165, 1.54) is 12.1 Å². The lowest BCUT2D eigenvalue weighted by Crippen LogP contribution is -2.02. The Morgan fingerprint density at radius 3 is 2.53 bits per heavy atom. The molecule has 0 heterocycles. The molecule has 0 saturated carbocycles. The van der Waals surface area contributed by atoms with E-state index in [-0.39, 0.29) is 5.82 Å². The molecule has 1 N–H and O–H groups in total. The van der Waals surface area contributed by atoms with Crippen molar-refractivity contribution in [3.8, 4) is 6.07 Å². The summed E-state index contributed by atoms with van der Waals surface area (Å²) in [6, 6.07) is 13.1. The van der Waals surface area contributed by atoms with Crippen LogP contribution in [0.15, 0.2) is 46.9 Å². The lowest BCUT2D eigenvalue weighted by atomic mass is 10.0. The normalized spacial score (nSPS) is 11.9. The molecule has 0 bridgehead atoms. The molecule has 0 aliphatic rings. The van der Waals surface area contributed by atoms with Crippen LogP contribution in [-0.2, 0) is 6.42 Å².